The van der Waals surface area contributed by atoms with Crippen LogP contribution in [0.2, 0.25) is 0 Å². The summed E-state index contributed by atoms with van der Waals surface area (Å²) in [6, 6.07) is -1.23. The molecule has 0 aromatic heterocycles. The Morgan fingerprint density at radius 1 is 1.05 bits per heavy atom. The highest BCUT2D eigenvalue weighted by Crippen LogP contribution is 2.27. The van der Waals surface area contributed by atoms with E-state index in [2.05, 4.69) is 30.2 Å². The number of aliphatic hydroxyl groups is 3. The van der Waals surface area contributed by atoms with E-state index in [9.17, 15) is 45.5 Å². The number of methoxy groups -OCH3 is 1. The van der Waals surface area contributed by atoms with Crippen molar-refractivity contribution in [3.8, 4) is 0 Å². The molecule has 8 N–H and O–H groups in total. The molecule has 1 fully saturated rings. The van der Waals surface area contributed by atoms with Crippen molar-refractivity contribution in [2.24, 2.45) is 0 Å². The molecule has 19 heteroatoms. The standard InChI is InChI=1S/C24H42N2O17/c1-5-6-7-10-38-23(32)39-13-8-9-14(21(30)25-11-13)26-22(31)19(43-37-4)18(42-35)17(41-34)16(40-33)15(28)20(29)24(2,12-27)36-3/h13-14,16-19,27-29,33-35H,5-12H2,1-4H3,(H,25,30)(H,26,31)/b20-15+/t13-,14+,16+,17-,18-,19-,24?/m1/s1. The van der Waals surface area contributed by atoms with Gasteiger partial charge in [-0.15, -0.1) is 0 Å². The largest absolute Gasteiger partial charge is 0.508 e. The SMILES string of the molecule is CCCCCOC(=O)O[C@@H]1CC[C@H](NC(=O)[C@H](OOC)[C@H](OO)[C@H](OO)[C@@H](OO)/C(O)=C(\O)C(C)(CO)OC)C(=O)NC1. The maximum absolute atomic E-state index is 13.2. The molecule has 1 aliphatic rings. The molecule has 1 aliphatic heterocycles. The Balaban J connectivity index is 3.09. The van der Waals surface area contributed by atoms with Crippen LogP contribution < -0.4 is 10.6 Å². The Labute approximate surface area is 246 Å². The van der Waals surface area contributed by atoms with Crippen LogP contribution in [-0.2, 0) is 48.2 Å². The van der Waals surface area contributed by atoms with E-state index in [1.54, 1.807) is 0 Å². The number of rotatable bonds is 19. The third-order valence-corrected chi connectivity index (χ3v) is 6.65. The summed E-state index contributed by atoms with van der Waals surface area (Å²) in [5, 5.41) is 63.8. The summed E-state index contributed by atoms with van der Waals surface area (Å²) in [6.07, 6.45) is -7.97. The van der Waals surface area contributed by atoms with Crippen LogP contribution in [-0.4, -0.2) is 125 Å². The van der Waals surface area contributed by atoms with E-state index in [0.717, 1.165) is 34.0 Å². The number of carbonyl (C=O) groups is 3. The van der Waals surface area contributed by atoms with Crippen LogP contribution in [0.4, 0.5) is 4.79 Å². The van der Waals surface area contributed by atoms with Gasteiger partial charge in [-0.2, -0.15) is 0 Å². The van der Waals surface area contributed by atoms with Gasteiger partial charge in [0.25, 0.3) is 5.91 Å². The zero-order valence-electron chi connectivity index (χ0n) is 24.3. The van der Waals surface area contributed by atoms with Crippen LogP contribution in [0, 0.1) is 0 Å². The lowest BCUT2D eigenvalue weighted by atomic mass is 9.96. The van der Waals surface area contributed by atoms with Gasteiger partial charge < -0.3 is 40.2 Å². The van der Waals surface area contributed by atoms with E-state index in [1.807, 2.05) is 6.92 Å². The molecule has 2 amide bonds. The fraction of sp³-hybridized carbons (Fsp3) is 0.792. The van der Waals surface area contributed by atoms with Gasteiger partial charge in [0.05, 0.1) is 26.9 Å². The van der Waals surface area contributed by atoms with Gasteiger partial charge in [0, 0.05) is 7.11 Å². The molecule has 1 heterocycles. The summed E-state index contributed by atoms with van der Waals surface area (Å²) in [6.45, 7) is 2.36. The van der Waals surface area contributed by atoms with Crippen molar-refractivity contribution in [1.29, 1.82) is 0 Å². The van der Waals surface area contributed by atoms with Crippen molar-refractivity contribution in [3.63, 3.8) is 0 Å². The molecule has 19 nitrogen and oxygen atoms in total. The van der Waals surface area contributed by atoms with Crippen LogP contribution in [0.25, 0.3) is 0 Å². The minimum absolute atomic E-state index is 0.0355. The van der Waals surface area contributed by atoms with Gasteiger partial charge in [0.2, 0.25) is 12.0 Å². The molecule has 43 heavy (non-hydrogen) atoms. The third-order valence-electron chi connectivity index (χ3n) is 6.65. The molecule has 1 rings (SSSR count). The predicted octanol–water partition coefficient (Wildman–Crippen LogP) is 0.339. The van der Waals surface area contributed by atoms with Crippen LogP contribution in [0.15, 0.2) is 11.5 Å². The van der Waals surface area contributed by atoms with Crippen molar-refractivity contribution < 1.29 is 84.1 Å². The van der Waals surface area contributed by atoms with Gasteiger partial charge >= 0.3 is 6.16 Å². The van der Waals surface area contributed by atoms with E-state index >= 15 is 0 Å². The molecule has 250 valence electrons. The number of ether oxygens (including phenoxy) is 3. The highest BCUT2D eigenvalue weighted by atomic mass is 17.2. The number of aliphatic hydroxyl groups excluding tert-OH is 3. The topological polar surface area (TPSA) is 270 Å². The van der Waals surface area contributed by atoms with E-state index in [4.69, 9.17) is 19.1 Å². The summed E-state index contributed by atoms with van der Waals surface area (Å²) in [4.78, 5) is 59.6. The highest BCUT2D eigenvalue weighted by molar-refractivity contribution is 5.89. The Kier molecular flexibility index (Phi) is 17.3. The van der Waals surface area contributed by atoms with Crippen molar-refractivity contribution in [3.05, 3.63) is 11.5 Å². The molecule has 0 radical (unpaired) electrons. The number of unbranched alkanes of at least 4 members (excludes halogenated alkanes) is 2. The number of amides is 2. The monoisotopic (exact) mass is 630 g/mol. The molecule has 0 bridgehead atoms. The van der Waals surface area contributed by atoms with Crippen LogP contribution in [0.5, 0.6) is 0 Å². The lowest BCUT2D eigenvalue weighted by Gasteiger charge is -2.32. The molecule has 7 atom stereocenters. The quantitative estimate of drug-likeness (QED) is 0.0314. The van der Waals surface area contributed by atoms with Gasteiger partial charge in [-0.1, -0.05) is 19.8 Å². The van der Waals surface area contributed by atoms with E-state index in [1.165, 1.54) is 0 Å². The van der Waals surface area contributed by atoms with Gasteiger partial charge in [-0.05, 0) is 26.2 Å². The molecule has 0 spiro atoms. The summed E-state index contributed by atoms with van der Waals surface area (Å²) in [5.74, 6) is -4.25. The number of carbonyl (C=O) groups excluding carboxylic acids is 3. The van der Waals surface area contributed by atoms with Gasteiger partial charge in [-0.3, -0.25) is 25.4 Å². The van der Waals surface area contributed by atoms with Crippen molar-refractivity contribution in [2.75, 3.05) is 34.0 Å². The number of hydrogen-bond donors (Lipinski definition) is 8. The molecule has 0 aliphatic carbocycles. The Hall–Kier alpha value is -2.85. The second-order valence-electron chi connectivity index (χ2n) is 9.61. The fourth-order valence-corrected chi connectivity index (χ4v) is 3.93. The molecular formula is C24H42N2O17. The molecular weight excluding hydrogens is 588 g/mol. The second kappa shape index (κ2) is 19.4. The fourth-order valence-electron chi connectivity index (χ4n) is 3.93. The summed E-state index contributed by atoms with van der Waals surface area (Å²) >= 11 is 0. The minimum atomic E-state index is -2.31. The van der Waals surface area contributed by atoms with Crippen molar-refractivity contribution in [2.45, 2.75) is 88.1 Å². The number of hydrogen-bond acceptors (Lipinski definition) is 17. The van der Waals surface area contributed by atoms with E-state index in [0.29, 0.717) is 6.42 Å². The third kappa shape index (κ3) is 11.0. The van der Waals surface area contributed by atoms with Crippen LogP contribution >= 0.6 is 0 Å². The molecule has 1 unspecified atom stereocenters. The van der Waals surface area contributed by atoms with Crippen LogP contribution in [0.1, 0.15) is 46.0 Å². The first-order chi connectivity index (χ1) is 20.5. The summed E-state index contributed by atoms with van der Waals surface area (Å²) in [7, 11) is 2.03. The summed E-state index contributed by atoms with van der Waals surface area (Å²) < 4.78 is 15.1. The van der Waals surface area contributed by atoms with Gasteiger partial charge in [0.15, 0.2) is 29.8 Å². The Morgan fingerprint density at radius 3 is 2.23 bits per heavy atom. The van der Waals surface area contributed by atoms with Crippen molar-refractivity contribution in [1.82, 2.24) is 10.6 Å². The van der Waals surface area contributed by atoms with E-state index in [-0.39, 0.29) is 26.0 Å². The van der Waals surface area contributed by atoms with Crippen molar-refractivity contribution >= 4 is 18.0 Å². The van der Waals surface area contributed by atoms with E-state index < -0.39 is 78.3 Å². The lowest BCUT2D eigenvalue weighted by molar-refractivity contribution is -0.419. The van der Waals surface area contributed by atoms with Gasteiger partial charge in [-0.25, -0.2) is 29.2 Å². The normalized spacial score (nSPS) is 22.1. The maximum Gasteiger partial charge on any atom is 0.508 e. The minimum Gasteiger partial charge on any atom is -0.506 e. The molecule has 0 aromatic rings. The Morgan fingerprint density at radius 2 is 1.70 bits per heavy atom. The summed E-state index contributed by atoms with van der Waals surface area (Å²) in [5.41, 5.74) is -1.93. The van der Waals surface area contributed by atoms with Gasteiger partial charge in [0.1, 0.15) is 17.7 Å². The van der Waals surface area contributed by atoms with Crippen LogP contribution in [0.3, 0.4) is 0 Å². The zero-order valence-corrected chi connectivity index (χ0v) is 24.3. The molecule has 1 saturated heterocycles. The number of nitrogens with one attached hydrogen (secondary N) is 2. The molecule has 0 saturated carbocycles. The molecule has 0 aromatic carbocycles. The first-order valence-corrected chi connectivity index (χ1v) is 13.3. The first kappa shape index (κ1) is 38.2. The zero-order chi connectivity index (χ0) is 32.6. The predicted molar refractivity (Wildman–Crippen MR) is 139 cm³/mol. The smallest absolute Gasteiger partial charge is 0.506 e. The average molecular weight is 631 g/mol. The Bertz CT molecular complexity index is 899. The average Bonchev–Trinajstić information content (AvgIpc) is 3.17. The highest BCUT2D eigenvalue weighted by Gasteiger charge is 2.48. The first-order valence-electron chi connectivity index (χ1n) is 13.3. The maximum atomic E-state index is 13.2. The lowest BCUT2D eigenvalue weighted by Crippen LogP contribution is -2.57. The second-order valence-corrected chi connectivity index (χ2v) is 9.61.